The number of aliphatic hydroxyl groups excluding tert-OH is 1. The summed E-state index contributed by atoms with van der Waals surface area (Å²) < 4.78 is 0. The topological polar surface area (TPSA) is 158 Å². The second-order valence-corrected chi connectivity index (χ2v) is 7.44. The fraction of sp³-hybridized carbons (Fsp3) is 0.450. The van der Waals surface area contributed by atoms with E-state index in [1.807, 2.05) is 38.1 Å². The number of para-hydroxylation sites is 1. The number of aliphatic carboxylic acids is 1. The van der Waals surface area contributed by atoms with Crippen molar-refractivity contribution in [1.29, 1.82) is 0 Å². The molecule has 9 nitrogen and oxygen atoms in total. The fourth-order valence-corrected chi connectivity index (χ4v) is 3.07. The zero-order chi connectivity index (χ0) is 21.6. The molecule has 1 aromatic heterocycles. The van der Waals surface area contributed by atoms with E-state index in [0.717, 1.165) is 16.5 Å². The standard InChI is InChI=1S/C20H28N4O5/c1-11(2)7-16(20(28)29)23-19(27)17(10-25)24-18(26)14(21)8-12-9-22-15-6-4-3-5-13(12)15/h3-6,9,11,14,16-17,22,25H,7-8,10,21H2,1-2H3,(H,23,27)(H,24,26)(H,28,29). The van der Waals surface area contributed by atoms with E-state index >= 15 is 0 Å². The first-order valence-electron chi connectivity index (χ1n) is 9.47. The fourth-order valence-electron chi connectivity index (χ4n) is 3.07. The summed E-state index contributed by atoms with van der Waals surface area (Å²) in [6.07, 6.45) is 2.24. The number of rotatable bonds is 10. The van der Waals surface area contributed by atoms with Crippen molar-refractivity contribution < 1.29 is 24.6 Å². The van der Waals surface area contributed by atoms with Gasteiger partial charge in [0.25, 0.3) is 0 Å². The molecule has 0 bridgehead atoms. The van der Waals surface area contributed by atoms with Crippen LogP contribution < -0.4 is 16.4 Å². The summed E-state index contributed by atoms with van der Waals surface area (Å²) in [7, 11) is 0. The third-order valence-electron chi connectivity index (χ3n) is 4.59. The molecule has 1 aromatic carbocycles. The van der Waals surface area contributed by atoms with Crippen molar-refractivity contribution in [1.82, 2.24) is 15.6 Å². The third-order valence-corrected chi connectivity index (χ3v) is 4.59. The molecule has 9 heteroatoms. The summed E-state index contributed by atoms with van der Waals surface area (Å²) in [6, 6.07) is 4.26. The minimum absolute atomic E-state index is 0.0446. The molecule has 0 saturated heterocycles. The zero-order valence-electron chi connectivity index (χ0n) is 16.5. The highest BCUT2D eigenvalue weighted by atomic mass is 16.4. The van der Waals surface area contributed by atoms with Crippen LogP contribution in [0.15, 0.2) is 30.5 Å². The Morgan fingerprint density at radius 1 is 1.10 bits per heavy atom. The van der Waals surface area contributed by atoms with Crippen LogP contribution in [0.5, 0.6) is 0 Å². The van der Waals surface area contributed by atoms with E-state index < -0.39 is 42.5 Å². The molecule has 29 heavy (non-hydrogen) atoms. The minimum Gasteiger partial charge on any atom is -0.480 e. The first-order chi connectivity index (χ1) is 13.7. The Labute approximate surface area is 168 Å². The molecular formula is C20H28N4O5. The molecule has 0 radical (unpaired) electrons. The van der Waals surface area contributed by atoms with Gasteiger partial charge in [0.1, 0.15) is 12.1 Å². The van der Waals surface area contributed by atoms with E-state index in [0.29, 0.717) is 0 Å². The van der Waals surface area contributed by atoms with Crippen LogP contribution >= 0.6 is 0 Å². The van der Waals surface area contributed by atoms with Crippen molar-refractivity contribution in [3.63, 3.8) is 0 Å². The van der Waals surface area contributed by atoms with E-state index in [9.17, 15) is 24.6 Å². The minimum atomic E-state index is -1.29. The average molecular weight is 404 g/mol. The molecule has 0 aliphatic heterocycles. The maximum atomic E-state index is 12.4. The van der Waals surface area contributed by atoms with Gasteiger partial charge in [0.15, 0.2) is 0 Å². The Balaban J connectivity index is 1.98. The van der Waals surface area contributed by atoms with Gasteiger partial charge in [0.05, 0.1) is 12.6 Å². The molecule has 0 aliphatic carbocycles. The smallest absolute Gasteiger partial charge is 0.326 e. The number of carbonyl (C=O) groups is 3. The highest BCUT2D eigenvalue weighted by Crippen LogP contribution is 2.18. The highest BCUT2D eigenvalue weighted by molar-refractivity contribution is 5.92. The number of benzene rings is 1. The maximum absolute atomic E-state index is 12.4. The second-order valence-electron chi connectivity index (χ2n) is 7.44. The summed E-state index contributed by atoms with van der Waals surface area (Å²) in [5.74, 6) is -2.51. The average Bonchev–Trinajstić information content (AvgIpc) is 3.07. The molecule has 0 saturated carbocycles. The van der Waals surface area contributed by atoms with E-state index in [-0.39, 0.29) is 18.8 Å². The van der Waals surface area contributed by atoms with E-state index in [1.165, 1.54) is 0 Å². The van der Waals surface area contributed by atoms with Gasteiger partial charge >= 0.3 is 5.97 Å². The van der Waals surface area contributed by atoms with Gasteiger partial charge in [-0.25, -0.2) is 4.79 Å². The highest BCUT2D eigenvalue weighted by Gasteiger charge is 2.28. The lowest BCUT2D eigenvalue weighted by Gasteiger charge is -2.22. The number of hydrogen-bond acceptors (Lipinski definition) is 5. The monoisotopic (exact) mass is 404 g/mol. The lowest BCUT2D eigenvalue weighted by Crippen LogP contribution is -2.56. The van der Waals surface area contributed by atoms with Crippen LogP contribution in [0.1, 0.15) is 25.8 Å². The van der Waals surface area contributed by atoms with Crippen molar-refractivity contribution in [2.45, 2.75) is 44.8 Å². The number of nitrogens with one attached hydrogen (secondary N) is 3. The molecule has 0 aliphatic rings. The molecule has 2 aromatic rings. The Morgan fingerprint density at radius 2 is 1.76 bits per heavy atom. The van der Waals surface area contributed by atoms with Crippen LogP contribution in [-0.2, 0) is 20.8 Å². The van der Waals surface area contributed by atoms with E-state index in [2.05, 4.69) is 15.6 Å². The summed E-state index contributed by atoms with van der Waals surface area (Å²) in [5, 5.41) is 24.4. The number of fused-ring (bicyclic) bond motifs is 1. The quantitative estimate of drug-likeness (QED) is 0.330. The largest absolute Gasteiger partial charge is 0.480 e. The molecule has 2 amide bonds. The number of H-pyrrole nitrogens is 1. The SMILES string of the molecule is CC(C)CC(NC(=O)C(CO)NC(=O)C(N)Cc1c[nH]c2ccccc12)C(=O)O. The van der Waals surface area contributed by atoms with E-state index in [1.54, 1.807) is 6.20 Å². The Bertz CT molecular complexity index is 863. The first-order valence-corrected chi connectivity index (χ1v) is 9.47. The van der Waals surface area contributed by atoms with Gasteiger partial charge in [-0.05, 0) is 30.4 Å². The summed E-state index contributed by atoms with van der Waals surface area (Å²) in [5.41, 5.74) is 7.77. The van der Waals surface area contributed by atoms with Crippen LogP contribution in [0.25, 0.3) is 10.9 Å². The molecule has 3 atom stereocenters. The van der Waals surface area contributed by atoms with Crippen molar-refractivity contribution in [2.24, 2.45) is 11.7 Å². The first kappa shape index (κ1) is 22.4. The maximum Gasteiger partial charge on any atom is 0.326 e. The number of carbonyl (C=O) groups excluding carboxylic acids is 2. The molecule has 7 N–H and O–H groups in total. The number of aromatic amines is 1. The summed E-state index contributed by atoms with van der Waals surface area (Å²) in [6.45, 7) is 2.99. The number of hydrogen-bond donors (Lipinski definition) is 6. The van der Waals surface area contributed by atoms with Gasteiger partial charge in [-0.3, -0.25) is 9.59 Å². The molecule has 0 spiro atoms. The predicted molar refractivity (Wildman–Crippen MR) is 108 cm³/mol. The molecule has 2 rings (SSSR count). The molecule has 158 valence electrons. The van der Waals surface area contributed by atoms with Gasteiger partial charge in [-0.15, -0.1) is 0 Å². The van der Waals surface area contributed by atoms with Gasteiger partial charge in [-0.1, -0.05) is 32.0 Å². The summed E-state index contributed by atoms with van der Waals surface area (Å²) in [4.78, 5) is 39.2. The number of carboxylic acids is 1. The molecule has 1 heterocycles. The normalized spacial score (nSPS) is 14.4. The Hall–Kier alpha value is -2.91. The van der Waals surface area contributed by atoms with E-state index in [4.69, 9.17) is 5.73 Å². The van der Waals surface area contributed by atoms with Crippen LogP contribution in [0.4, 0.5) is 0 Å². The molecule has 3 unspecified atom stereocenters. The van der Waals surface area contributed by atoms with Crippen LogP contribution in [0.2, 0.25) is 0 Å². The van der Waals surface area contributed by atoms with Crippen LogP contribution in [0.3, 0.4) is 0 Å². The van der Waals surface area contributed by atoms with Crippen molar-refractivity contribution in [3.8, 4) is 0 Å². The molecule has 0 fully saturated rings. The summed E-state index contributed by atoms with van der Waals surface area (Å²) >= 11 is 0. The van der Waals surface area contributed by atoms with Crippen molar-refractivity contribution in [3.05, 3.63) is 36.0 Å². The second kappa shape index (κ2) is 10.0. The Morgan fingerprint density at radius 3 is 2.38 bits per heavy atom. The van der Waals surface area contributed by atoms with Crippen LogP contribution in [0, 0.1) is 5.92 Å². The van der Waals surface area contributed by atoms with Crippen molar-refractivity contribution >= 4 is 28.7 Å². The number of amides is 2. The third kappa shape index (κ3) is 6.03. The number of aromatic nitrogens is 1. The van der Waals surface area contributed by atoms with Crippen LogP contribution in [-0.4, -0.2) is 57.7 Å². The van der Waals surface area contributed by atoms with Gasteiger partial charge < -0.3 is 31.6 Å². The zero-order valence-corrected chi connectivity index (χ0v) is 16.5. The number of aliphatic hydroxyl groups is 1. The number of nitrogens with two attached hydrogens (primary N) is 1. The molecular weight excluding hydrogens is 376 g/mol. The van der Waals surface area contributed by atoms with Gasteiger partial charge in [-0.2, -0.15) is 0 Å². The lowest BCUT2D eigenvalue weighted by atomic mass is 10.0. The van der Waals surface area contributed by atoms with Crippen molar-refractivity contribution in [2.75, 3.05) is 6.61 Å². The van der Waals surface area contributed by atoms with Gasteiger partial charge in [0, 0.05) is 17.1 Å². The number of carboxylic acid groups (broad SMARTS) is 1. The Kier molecular flexibility index (Phi) is 7.74. The predicted octanol–water partition coefficient (Wildman–Crippen LogP) is 0.130. The van der Waals surface area contributed by atoms with Gasteiger partial charge in [0.2, 0.25) is 11.8 Å². The lowest BCUT2D eigenvalue weighted by molar-refractivity contribution is -0.143.